The van der Waals surface area contributed by atoms with E-state index in [1.165, 1.54) is 37.1 Å². The van der Waals surface area contributed by atoms with Gasteiger partial charge in [-0.3, -0.25) is 0 Å². The fourth-order valence-electron chi connectivity index (χ4n) is 2.35. The van der Waals surface area contributed by atoms with Gasteiger partial charge in [0.2, 0.25) is 0 Å². The van der Waals surface area contributed by atoms with Crippen LogP contribution in [0.4, 0.5) is 0 Å². The van der Waals surface area contributed by atoms with Gasteiger partial charge in [-0.2, -0.15) is 0 Å². The van der Waals surface area contributed by atoms with Gasteiger partial charge in [0.15, 0.2) is 0 Å². The zero-order valence-corrected chi connectivity index (χ0v) is 9.22. The summed E-state index contributed by atoms with van der Waals surface area (Å²) in [5.74, 6) is 0. The van der Waals surface area contributed by atoms with Gasteiger partial charge in [-0.05, 0) is 18.3 Å². The van der Waals surface area contributed by atoms with Crippen LogP contribution in [-0.2, 0) is 6.42 Å². The third-order valence-electron chi connectivity index (χ3n) is 3.26. The standard InChI is InChI=1S/C11H17NOS/c13-9-11(4-2-1-3-5-11)8-10-12-6-7-14-10/h6-7,13H,1-5,8-9H2. The second kappa shape index (κ2) is 4.41. The first-order chi connectivity index (χ1) is 6.85. The van der Waals surface area contributed by atoms with Crippen molar-refractivity contribution in [2.75, 3.05) is 6.61 Å². The topological polar surface area (TPSA) is 33.1 Å². The Morgan fingerprint density at radius 2 is 2.14 bits per heavy atom. The van der Waals surface area contributed by atoms with E-state index in [1.807, 2.05) is 11.6 Å². The number of aromatic nitrogens is 1. The normalized spacial score (nSPS) is 20.9. The van der Waals surface area contributed by atoms with Crippen molar-refractivity contribution in [1.29, 1.82) is 0 Å². The van der Waals surface area contributed by atoms with Crippen molar-refractivity contribution >= 4 is 11.3 Å². The molecule has 0 spiro atoms. The Hall–Kier alpha value is -0.410. The summed E-state index contributed by atoms with van der Waals surface area (Å²) < 4.78 is 0. The summed E-state index contributed by atoms with van der Waals surface area (Å²) in [5.41, 5.74) is 0.149. The van der Waals surface area contributed by atoms with Gasteiger partial charge >= 0.3 is 0 Å². The van der Waals surface area contributed by atoms with Gasteiger partial charge < -0.3 is 5.11 Å². The van der Waals surface area contributed by atoms with E-state index in [-0.39, 0.29) is 5.41 Å². The smallest absolute Gasteiger partial charge is 0.0931 e. The molecule has 1 aromatic rings. The minimum absolute atomic E-state index is 0.149. The molecule has 0 radical (unpaired) electrons. The predicted octanol–water partition coefficient (Wildman–Crippen LogP) is 2.63. The molecule has 1 aromatic heterocycles. The largest absolute Gasteiger partial charge is 0.396 e. The molecule has 1 saturated carbocycles. The summed E-state index contributed by atoms with van der Waals surface area (Å²) in [6.45, 7) is 0.326. The molecule has 1 fully saturated rings. The summed E-state index contributed by atoms with van der Waals surface area (Å²) in [6, 6.07) is 0. The molecule has 3 heteroatoms. The number of hydrogen-bond acceptors (Lipinski definition) is 3. The molecule has 1 aliphatic rings. The van der Waals surface area contributed by atoms with Gasteiger partial charge in [-0.25, -0.2) is 4.98 Å². The Labute approximate surface area is 89.0 Å². The quantitative estimate of drug-likeness (QED) is 0.833. The van der Waals surface area contributed by atoms with Gasteiger partial charge in [0.1, 0.15) is 0 Å². The van der Waals surface area contributed by atoms with Crippen LogP contribution in [0.15, 0.2) is 11.6 Å². The molecule has 0 atom stereocenters. The lowest BCUT2D eigenvalue weighted by Crippen LogP contribution is -2.30. The number of nitrogens with zero attached hydrogens (tertiary/aromatic N) is 1. The minimum atomic E-state index is 0.149. The SMILES string of the molecule is OCC1(Cc2nccs2)CCCCC1. The predicted molar refractivity (Wildman–Crippen MR) is 58.4 cm³/mol. The number of thiazole rings is 1. The van der Waals surface area contributed by atoms with Crippen molar-refractivity contribution in [3.63, 3.8) is 0 Å². The summed E-state index contributed by atoms with van der Waals surface area (Å²) in [6.07, 6.45) is 9.04. The number of aliphatic hydroxyl groups is 1. The molecule has 14 heavy (non-hydrogen) atoms. The van der Waals surface area contributed by atoms with E-state index < -0.39 is 0 Å². The fourth-order valence-corrected chi connectivity index (χ4v) is 3.14. The van der Waals surface area contributed by atoms with Crippen molar-refractivity contribution in [3.8, 4) is 0 Å². The molecule has 0 bridgehead atoms. The summed E-state index contributed by atoms with van der Waals surface area (Å²) in [4.78, 5) is 4.31. The van der Waals surface area contributed by atoms with E-state index in [0.717, 1.165) is 6.42 Å². The molecule has 0 saturated heterocycles. The summed E-state index contributed by atoms with van der Waals surface area (Å²) in [5, 5.41) is 12.7. The van der Waals surface area contributed by atoms with E-state index in [2.05, 4.69) is 4.98 Å². The van der Waals surface area contributed by atoms with Crippen LogP contribution in [0.2, 0.25) is 0 Å². The first-order valence-electron chi connectivity index (χ1n) is 5.34. The molecule has 0 amide bonds. The van der Waals surface area contributed by atoms with Crippen molar-refractivity contribution in [2.24, 2.45) is 5.41 Å². The van der Waals surface area contributed by atoms with Crippen LogP contribution in [0.3, 0.4) is 0 Å². The average Bonchev–Trinajstić information content (AvgIpc) is 2.72. The number of hydrogen-bond donors (Lipinski definition) is 1. The highest BCUT2D eigenvalue weighted by Crippen LogP contribution is 2.38. The third kappa shape index (κ3) is 2.15. The van der Waals surface area contributed by atoms with Crippen LogP contribution in [0.25, 0.3) is 0 Å². The first-order valence-corrected chi connectivity index (χ1v) is 6.22. The molecule has 1 N–H and O–H groups in total. The zero-order chi connectivity index (χ0) is 9.86. The van der Waals surface area contributed by atoms with Gasteiger partial charge in [0, 0.05) is 24.6 Å². The van der Waals surface area contributed by atoms with Crippen molar-refractivity contribution in [2.45, 2.75) is 38.5 Å². The van der Waals surface area contributed by atoms with Crippen LogP contribution in [0.1, 0.15) is 37.1 Å². The van der Waals surface area contributed by atoms with Crippen LogP contribution in [-0.4, -0.2) is 16.7 Å². The second-order valence-corrected chi connectivity index (χ2v) is 5.30. The number of rotatable bonds is 3. The van der Waals surface area contributed by atoms with Crippen molar-refractivity contribution in [3.05, 3.63) is 16.6 Å². The lowest BCUT2D eigenvalue weighted by molar-refractivity contribution is 0.0823. The monoisotopic (exact) mass is 211 g/mol. The van der Waals surface area contributed by atoms with Crippen LogP contribution in [0.5, 0.6) is 0 Å². The lowest BCUT2D eigenvalue weighted by atomic mass is 9.72. The Morgan fingerprint density at radius 1 is 1.36 bits per heavy atom. The Balaban J connectivity index is 2.04. The van der Waals surface area contributed by atoms with Gasteiger partial charge in [0.25, 0.3) is 0 Å². The molecule has 0 unspecified atom stereocenters. The van der Waals surface area contributed by atoms with E-state index in [9.17, 15) is 5.11 Å². The van der Waals surface area contributed by atoms with Crippen LogP contribution < -0.4 is 0 Å². The summed E-state index contributed by atoms with van der Waals surface area (Å²) >= 11 is 1.71. The van der Waals surface area contributed by atoms with Crippen LogP contribution in [0, 0.1) is 5.41 Å². The maximum Gasteiger partial charge on any atom is 0.0931 e. The van der Waals surface area contributed by atoms with Gasteiger partial charge in [0.05, 0.1) is 5.01 Å². The highest BCUT2D eigenvalue weighted by Gasteiger charge is 2.32. The molecule has 0 aromatic carbocycles. The third-order valence-corrected chi connectivity index (χ3v) is 4.04. The number of aliphatic hydroxyl groups excluding tert-OH is 1. The Bertz CT molecular complexity index is 265. The van der Waals surface area contributed by atoms with Crippen LogP contribution >= 0.6 is 11.3 Å². The molecular formula is C11H17NOS. The molecule has 1 heterocycles. The second-order valence-electron chi connectivity index (χ2n) is 4.32. The molecule has 0 aliphatic heterocycles. The maximum atomic E-state index is 9.52. The fraction of sp³-hybridized carbons (Fsp3) is 0.727. The van der Waals surface area contributed by atoms with Crippen molar-refractivity contribution in [1.82, 2.24) is 4.98 Å². The van der Waals surface area contributed by atoms with E-state index in [4.69, 9.17) is 0 Å². The maximum absolute atomic E-state index is 9.52. The van der Waals surface area contributed by atoms with Gasteiger partial charge in [-0.15, -0.1) is 11.3 Å². The lowest BCUT2D eigenvalue weighted by Gasteiger charge is -2.34. The highest BCUT2D eigenvalue weighted by molar-refractivity contribution is 7.09. The zero-order valence-electron chi connectivity index (χ0n) is 8.41. The molecule has 1 aliphatic carbocycles. The van der Waals surface area contributed by atoms with Crippen molar-refractivity contribution < 1.29 is 5.11 Å². The molecule has 78 valence electrons. The highest BCUT2D eigenvalue weighted by atomic mass is 32.1. The van der Waals surface area contributed by atoms with E-state index in [0.29, 0.717) is 6.61 Å². The van der Waals surface area contributed by atoms with E-state index >= 15 is 0 Å². The average molecular weight is 211 g/mol. The Morgan fingerprint density at radius 3 is 2.71 bits per heavy atom. The first kappa shape index (κ1) is 10.1. The molecular weight excluding hydrogens is 194 g/mol. The molecule has 2 rings (SSSR count). The van der Waals surface area contributed by atoms with Gasteiger partial charge in [-0.1, -0.05) is 19.3 Å². The Kier molecular flexibility index (Phi) is 3.19. The molecule has 2 nitrogen and oxygen atoms in total. The minimum Gasteiger partial charge on any atom is -0.396 e. The van der Waals surface area contributed by atoms with E-state index in [1.54, 1.807) is 11.3 Å². The summed E-state index contributed by atoms with van der Waals surface area (Å²) in [7, 11) is 0.